The molecule has 0 radical (unpaired) electrons. The van der Waals surface area contributed by atoms with Gasteiger partial charge in [0.15, 0.2) is 18.1 Å². The zero-order valence-electron chi connectivity index (χ0n) is 19.7. The second-order valence-electron chi connectivity index (χ2n) is 8.11. The normalized spacial score (nSPS) is 12.3. The molecule has 1 aliphatic carbocycles. The topological polar surface area (TPSA) is 86.8 Å². The van der Waals surface area contributed by atoms with E-state index in [0.29, 0.717) is 43.2 Å². The Morgan fingerprint density at radius 2 is 1.79 bits per heavy atom. The van der Waals surface area contributed by atoms with Gasteiger partial charge in [0, 0.05) is 17.6 Å². The number of para-hydroxylation sites is 1. The Morgan fingerprint density at radius 3 is 2.62 bits per heavy atom. The summed E-state index contributed by atoms with van der Waals surface area (Å²) in [6.07, 6.45) is 3.25. The summed E-state index contributed by atoms with van der Waals surface area (Å²) >= 11 is 0. The van der Waals surface area contributed by atoms with Crippen LogP contribution in [0.3, 0.4) is 0 Å². The van der Waals surface area contributed by atoms with Gasteiger partial charge in [-0.1, -0.05) is 24.3 Å². The summed E-state index contributed by atoms with van der Waals surface area (Å²) in [5.41, 5.74) is 4.25. The van der Waals surface area contributed by atoms with Gasteiger partial charge in [0.1, 0.15) is 0 Å². The first-order chi connectivity index (χ1) is 16.6. The first-order valence-corrected chi connectivity index (χ1v) is 11.8. The van der Waals surface area contributed by atoms with Gasteiger partial charge in [-0.05, 0) is 68.9 Å². The predicted molar refractivity (Wildman–Crippen MR) is 130 cm³/mol. The minimum atomic E-state index is -0.472. The van der Waals surface area contributed by atoms with E-state index in [-0.39, 0.29) is 12.5 Å². The van der Waals surface area contributed by atoms with Crippen LogP contribution in [0.2, 0.25) is 0 Å². The number of rotatable bonds is 10. The number of hydrogen-bond donors (Lipinski definition) is 1. The Morgan fingerprint density at radius 1 is 1.00 bits per heavy atom. The van der Waals surface area contributed by atoms with Gasteiger partial charge in [-0.25, -0.2) is 4.79 Å². The van der Waals surface area contributed by atoms with Gasteiger partial charge in [-0.2, -0.15) is 0 Å². The summed E-state index contributed by atoms with van der Waals surface area (Å²) in [4.78, 5) is 30.0. The van der Waals surface area contributed by atoms with E-state index < -0.39 is 5.97 Å². The minimum Gasteiger partial charge on any atom is -0.490 e. The van der Waals surface area contributed by atoms with Crippen LogP contribution in [-0.4, -0.2) is 43.2 Å². The van der Waals surface area contributed by atoms with Crippen LogP contribution in [-0.2, 0) is 28.8 Å². The van der Waals surface area contributed by atoms with Gasteiger partial charge in [0.2, 0.25) is 0 Å². The van der Waals surface area contributed by atoms with Crippen LogP contribution < -0.4 is 14.8 Å². The van der Waals surface area contributed by atoms with E-state index in [1.807, 2.05) is 56.3 Å². The van der Waals surface area contributed by atoms with E-state index >= 15 is 0 Å². The van der Waals surface area contributed by atoms with Crippen LogP contribution in [0.15, 0.2) is 42.5 Å². The Hall–Kier alpha value is -3.61. The molecule has 1 N–H and O–H groups in total. The zero-order valence-corrected chi connectivity index (χ0v) is 19.7. The number of aromatic nitrogens is 1. The third-order valence-corrected chi connectivity index (χ3v) is 5.80. The molecule has 0 aliphatic heterocycles. The first-order valence-electron chi connectivity index (χ1n) is 11.8. The fraction of sp³-hybridized carbons (Fsp3) is 0.370. The predicted octanol–water partition coefficient (Wildman–Crippen LogP) is 4.04. The molecule has 1 aromatic heterocycles. The van der Waals surface area contributed by atoms with Crippen molar-refractivity contribution in [3.05, 3.63) is 64.8 Å². The summed E-state index contributed by atoms with van der Waals surface area (Å²) in [6.45, 7) is 5.05. The monoisotopic (exact) mass is 462 g/mol. The summed E-state index contributed by atoms with van der Waals surface area (Å²) in [5, 5.41) is 3.59. The Kier molecular flexibility index (Phi) is 7.62. The van der Waals surface area contributed by atoms with Crippen molar-refractivity contribution in [2.75, 3.05) is 26.4 Å². The van der Waals surface area contributed by atoms with Crippen LogP contribution in [0.5, 0.6) is 11.5 Å². The van der Waals surface area contributed by atoms with E-state index in [2.05, 4.69) is 5.32 Å². The fourth-order valence-electron chi connectivity index (χ4n) is 4.30. The highest BCUT2D eigenvalue weighted by Crippen LogP contribution is 2.31. The second kappa shape index (κ2) is 11.0. The number of nitrogens with zero attached hydrogens (tertiary/aromatic N) is 1. The quantitative estimate of drug-likeness (QED) is 0.458. The molecule has 7 nitrogen and oxygen atoms in total. The number of esters is 1. The number of ether oxygens (including phenoxy) is 3. The number of hydrogen-bond acceptors (Lipinski definition) is 6. The summed E-state index contributed by atoms with van der Waals surface area (Å²) < 4.78 is 16.6. The van der Waals surface area contributed by atoms with Crippen molar-refractivity contribution in [3.8, 4) is 11.5 Å². The van der Waals surface area contributed by atoms with Crippen LogP contribution >= 0.6 is 0 Å². The van der Waals surface area contributed by atoms with E-state index in [0.717, 1.165) is 47.0 Å². The molecule has 0 spiro atoms. The molecule has 34 heavy (non-hydrogen) atoms. The van der Waals surface area contributed by atoms with Gasteiger partial charge in [-0.15, -0.1) is 0 Å². The Labute approximate surface area is 199 Å². The van der Waals surface area contributed by atoms with Crippen molar-refractivity contribution < 1.29 is 23.8 Å². The molecule has 4 rings (SSSR count). The molecule has 1 heterocycles. The number of carbonyl (C=O) groups is 2. The molecular weight excluding hydrogens is 432 g/mol. The molecular formula is C27H30N2O5. The molecule has 0 bridgehead atoms. The SMILES string of the molecule is CCOc1ccc(CCNC(=O)COC(=O)c2c3c(nc4ccccc24)CCC3)cc1OCC. The highest BCUT2D eigenvalue weighted by atomic mass is 16.5. The maximum Gasteiger partial charge on any atom is 0.339 e. The smallest absolute Gasteiger partial charge is 0.339 e. The van der Waals surface area contributed by atoms with Crippen molar-refractivity contribution >= 4 is 22.8 Å². The zero-order chi connectivity index (χ0) is 23.9. The number of carbonyl (C=O) groups excluding carboxylic acids is 2. The van der Waals surface area contributed by atoms with Crippen molar-refractivity contribution in [1.29, 1.82) is 0 Å². The van der Waals surface area contributed by atoms with Gasteiger partial charge < -0.3 is 19.5 Å². The molecule has 2 aromatic carbocycles. The summed E-state index contributed by atoms with van der Waals surface area (Å²) in [7, 11) is 0. The van der Waals surface area contributed by atoms with E-state index in [4.69, 9.17) is 19.2 Å². The highest BCUT2D eigenvalue weighted by molar-refractivity contribution is 6.05. The Balaban J connectivity index is 1.33. The van der Waals surface area contributed by atoms with Gasteiger partial charge in [0.25, 0.3) is 5.91 Å². The van der Waals surface area contributed by atoms with Crippen LogP contribution in [0.4, 0.5) is 0 Å². The lowest BCUT2D eigenvalue weighted by Crippen LogP contribution is -2.30. The highest BCUT2D eigenvalue weighted by Gasteiger charge is 2.25. The van der Waals surface area contributed by atoms with Crippen molar-refractivity contribution in [2.45, 2.75) is 39.5 Å². The molecule has 0 atom stereocenters. The molecule has 0 saturated heterocycles. The lowest BCUT2D eigenvalue weighted by molar-refractivity contribution is -0.124. The number of benzene rings is 2. The average Bonchev–Trinajstić information content (AvgIpc) is 3.31. The fourth-order valence-corrected chi connectivity index (χ4v) is 4.30. The van der Waals surface area contributed by atoms with Gasteiger partial charge >= 0.3 is 5.97 Å². The lowest BCUT2D eigenvalue weighted by Gasteiger charge is -2.13. The number of aryl methyl sites for hydroxylation is 1. The van der Waals surface area contributed by atoms with E-state index in [1.165, 1.54) is 0 Å². The lowest BCUT2D eigenvalue weighted by atomic mass is 10.0. The molecule has 0 unspecified atom stereocenters. The largest absolute Gasteiger partial charge is 0.490 e. The molecule has 1 amide bonds. The Bertz CT molecular complexity index is 1190. The molecule has 7 heteroatoms. The molecule has 0 saturated carbocycles. The van der Waals surface area contributed by atoms with Crippen molar-refractivity contribution in [3.63, 3.8) is 0 Å². The van der Waals surface area contributed by atoms with Crippen molar-refractivity contribution in [1.82, 2.24) is 10.3 Å². The summed E-state index contributed by atoms with van der Waals surface area (Å²) in [6, 6.07) is 13.3. The van der Waals surface area contributed by atoms with Gasteiger partial charge in [-0.3, -0.25) is 9.78 Å². The number of nitrogens with one attached hydrogen (secondary N) is 1. The first kappa shape index (κ1) is 23.5. The average molecular weight is 463 g/mol. The maximum absolute atomic E-state index is 12.9. The molecule has 1 aliphatic rings. The van der Waals surface area contributed by atoms with Gasteiger partial charge in [0.05, 0.1) is 24.3 Å². The maximum atomic E-state index is 12.9. The molecule has 178 valence electrons. The molecule has 3 aromatic rings. The van der Waals surface area contributed by atoms with Crippen LogP contribution in [0, 0.1) is 0 Å². The number of pyridine rings is 1. The van der Waals surface area contributed by atoms with Crippen LogP contribution in [0.1, 0.15) is 47.4 Å². The standard InChI is InChI=1S/C27H30N2O5/c1-3-32-23-13-12-18(16-24(23)33-4-2)14-15-28-25(30)17-34-27(31)26-19-8-5-6-10-21(19)29-22-11-7-9-20(22)26/h5-6,8,10,12-13,16H,3-4,7,9,11,14-15,17H2,1-2H3,(H,28,30). The van der Waals surface area contributed by atoms with Crippen LogP contribution in [0.25, 0.3) is 10.9 Å². The van der Waals surface area contributed by atoms with Crippen molar-refractivity contribution in [2.24, 2.45) is 0 Å². The summed E-state index contributed by atoms with van der Waals surface area (Å²) in [5.74, 6) is 0.595. The van der Waals surface area contributed by atoms with E-state index in [9.17, 15) is 9.59 Å². The molecule has 0 fully saturated rings. The third-order valence-electron chi connectivity index (χ3n) is 5.80. The second-order valence-corrected chi connectivity index (χ2v) is 8.11. The number of amides is 1. The number of fused-ring (bicyclic) bond motifs is 2. The third kappa shape index (κ3) is 5.30. The van der Waals surface area contributed by atoms with E-state index in [1.54, 1.807) is 0 Å². The minimum absolute atomic E-state index is 0.322.